The maximum absolute atomic E-state index is 12.5. The van der Waals surface area contributed by atoms with E-state index in [4.69, 9.17) is 11.6 Å². The molecule has 0 aliphatic rings. The summed E-state index contributed by atoms with van der Waals surface area (Å²) in [5.41, 5.74) is 0.502. The third-order valence-corrected chi connectivity index (χ3v) is 4.96. The molecule has 0 radical (unpaired) electrons. The van der Waals surface area contributed by atoms with Crippen LogP contribution in [-0.2, 0) is 10.0 Å². The van der Waals surface area contributed by atoms with Crippen LogP contribution < -0.4 is 4.72 Å². The van der Waals surface area contributed by atoms with Crippen LogP contribution in [0.5, 0.6) is 0 Å². The Kier molecular flexibility index (Phi) is 3.57. The average molecular weight is 318 g/mol. The number of hydrogen-bond acceptors (Lipinski definition) is 2. The lowest BCUT2D eigenvalue weighted by Gasteiger charge is -2.10. The van der Waals surface area contributed by atoms with Gasteiger partial charge < -0.3 is 0 Å². The monoisotopic (exact) mass is 317 g/mol. The molecule has 0 aliphatic heterocycles. The van der Waals surface area contributed by atoms with Crippen LogP contribution in [0.1, 0.15) is 0 Å². The predicted molar refractivity (Wildman–Crippen MR) is 86.2 cm³/mol. The Bertz CT molecular complexity index is 893. The van der Waals surface area contributed by atoms with Crippen molar-refractivity contribution in [3.8, 4) is 0 Å². The topological polar surface area (TPSA) is 46.2 Å². The fraction of sp³-hybridized carbons (Fsp3) is 0. The van der Waals surface area contributed by atoms with Crippen molar-refractivity contribution in [1.29, 1.82) is 0 Å². The van der Waals surface area contributed by atoms with Crippen LogP contribution in [0.2, 0.25) is 5.02 Å². The predicted octanol–water partition coefficient (Wildman–Crippen LogP) is 4.29. The van der Waals surface area contributed by atoms with Crippen LogP contribution in [0.3, 0.4) is 0 Å². The molecule has 0 aromatic heterocycles. The lowest BCUT2D eigenvalue weighted by Crippen LogP contribution is -2.13. The second-order valence-electron chi connectivity index (χ2n) is 4.60. The van der Waals surface area contributed by atoms with Crippen molar-refractivity contribution < 1.29 is 8.42 Å². The number of rotatable bonds is 3. The zero-order valence-corrected chi connectivity index (χ0v) is 12.5. The molecule has 3 aromatic carbocycles. The Labute approximate surface area is 128 Å². The molecule has 0 amide bonds. The van der Waals surface area contributed by atoms with Crippen molar-refractivity contribution in [2.75, 3.05) is 4.72 Å². The van der Waals surface area contributed by atoms with Crippen LogP contribution in [0.25, 0.3) is 10.8 Å². The maximum atomic E-state index is 12.5. The summed E-state index contributed by atoms with van der Waals surface area (Å²) in [7, 11) is -3.72. The zero-order valence-electron chi connectivity index (χ0n) is 11.0. The van der Waals surface area contributed by atoms with Crippen molar-refractivity contribution in [2.45, 2.75) is 4.90 Å². The third-order valence-electron chi connectivity index (χ3n) is 3.12. The molecule has 0 spiro atoms. The first kappa shape index (κ1) is 13.9. The van der Waals surface area contributed by atoms with Gasteiger partial charge in [-0.2, -0.15) is 0 Å². The standard InChI is InChI=1S/C16H12ClNO2S/c17-15-10-12-6-4-5-7-13(12)11-16(15)21(19,20)18-14-8-2-1-3-9-14/h1-11,18H. The summed E-state index contributed by atoms with van der Waals surface area (Å²) >= 11 is 6.13. The molecule has 0 bridgehead atoms. The number of halogens is 1. The second kappa shape index (κ2) is 5.39. The lowest BCUT2D eigenvalue weighted by molar-refractivity contribution is 0.601. The van der Waals surface area contributed by atoms with E-state index in [1.807, 2.05) is 30.3 Å². The maximum Gasteiger partial charge on any atom is 0.263 e. The fourth-order valence-electron chi connectivity index (χ4n) is 2.11. The highest BCUT2D eigenvalue weighted by atomic mass is 35.5. The molecule has 21 heavy (non-hydrogen) atoms. The van der Waals surface area contributed by atoms with Gasteiger partial charge >= 0.3 is 0 Å². The molecule has 1 N–H and O–H groups in total. The Hall–Kier alpha value is -2.04. The molecule has 0 saturated carbocycles. The first-order valence-corrected chi connectivity index (χ1v) is 8.18. The fourth-order valence-corrected chi connectivity index (χ4v) is 3.74. The molecule has 3 rings (SSSR count). The van der Waals surface area contributed by atoms with Gasteiger partial charge in [-0.05, 0) is 35.0 Å². The number of sulfonamides is 1. The second-order valence-corrected chi connectivity index (χ2v) is 6.66. The number of benzene rings is 3. The number of para-hydroxylation sites is 1. The molecular formula is C16H12ClNO2S. The Morgan fingerprint density at radius 2 is 1.38 bits per heavy atom. The van der Waals surface area contributed by atoms with Crippen LogP contribution >= 0.6 is 11.6 Å². The molecule has 5 heteroatoms. The molecule has 0 aliphatic carbocycles. The van der Waals surface area contributed by atoms with Crippen LogP contribution in [0, 0.1) is 0 Å². The lowest BCUT2D eigenvalue weighted by atomic mass is 10.1. The zero-order chi connectivity index (χ0) is 14.9. The molecular weight excluding hydrogens is 306 g/mol. The summed E-state index contributed by atoms with van der Waals surface area (Å²) in [5.74, 6) is 0. The summed E-state index contributed by atoms with van der Waals surface area (Å²) < 4.78 is 27.5. The van der Waals surface area contributed by atoms with Gasteiger partial charge in [-0.3, -0.25) is 4.72 Å². The smallest absolute Gasteiger partial charge is 0.263 e. The quantitative estimate of drug-likeness (QED) is 0.783. The van der Waals surface area contributed by atoms with Crippen molar-refractivity contribution in [3.05, 3.63) is 71.8 Å². The summed E-state index contributed by atoms with van der Waals surface area (Å²) in [5, 5.41) is 1.94. The summed E-state index contributed by atoms with van der Waals surface area (Å²) in [6.45, 7) is 0. The van der Waals surface area contributed by atoms with Crippen molar-refractivity contribution in [2.24, 2.45) is 0 Å². The van der Waals surface area contributed by atoms with E-state index in [1.165, 1.54) is 0 Å². The Morgan fingerprint density at radius 3 is 2.05 bits per heavy atom. The van der Waals surface area contributed by atoms with E-state index >= 15 is 0 Å². The SMILES string of the molecule is O=S(=O)(Nc1ccccc1)c1cc2ccccc2cc1Cl. The van der Waals surface area contributed by atoms with Gasteiger partial charge in [-0.15, -0.1) is 0 Å². The Morgan fingerprint density at radius 1 is 0.810 bits per heavy atom. The van der Waals surface area contributed by atoms with Gasteiger partial charge in [0.1, 0.15) is 4.90 Å². The molecule has 3 nitrogen and oxygen atoms in total. The van der Waals surface area contributed by atoms with Gasteiger partial charge in [0.25, 0.3) is 10.0 Å². The third kappa shape index (κ3) is 2.86. The largest absolute Gasteiger partial charge is 0.280 e. The van der Waals surface area contributed by atoms with Gasteiger partial charge in [0.15, 0.2) is 0 Å². The van der Waals surface area contributed by atoms with Gasteiger partial charge in [-0.1, -0.05) is 54.1 Å². The summed E-state index contributed by atoms with van der Waals surface area (Å²) in [4.78, 5) is 0.0757. The minimum atomic E-state index is -3.72. The first-order valence-electron chi connectivity index (χ1n) is 6.32. The summed E-state index contributed by atoms with van der Waals surface area (Å²) in [6.07, 6.45) is 0. The van der Waals surface area contributed by atoms with E-state index in [0.29, 0.717) is 5.69 Å². The molecule has 0 unspecified atom stereocenters. The highest BCUT2D eigenvalue weighted by Crippen LogP contribution is 2.28. The van der Waals surface area contributed by atoms with Crippen molar-refractivity contribution in [3.63, 3.8) is 0 Å². The van der Waals surface area contributed by atoms with Gasteiger partial charge in [-0.25, -0.2) is 8.42 Å². The minimum Gasteiger partial charge on any atom is -0.280 e. The van der Waals surface area contributed by atoms with Gasteiger partial charge in [0, 0.05) is 5.69 Å². The summed E-state index contributed by atoms with van der Waals surface area (Å²) in [6, 6.07) is 19.5. The Balaban J connectivity index is 2.08. The van der Waals surface area contributed by atoms with E-state index in [0.717, 1.165) is 10.8 Å². The minimum absolute atomic E-state index is 0.0757. The van der Waals surface area contributed by atoms with Gasteiger partial charge in [0.05, 0.1) is 5.02 Å². The van der Waals surface area contributed by atoms with Crippen LogP contribution in [0.15, 0.2) is 71.6 Å². The van der Waals surface area contributed by atoms with E-state index in [1.54, 1.807) is 36.4 Å². The molecule has 0 heterocycles. The molecule has 0 atom stereocenters. The highest BCUT2D eigenvalue weighted by Gasteiger charge is 2.18. The first-order chi connectivity index (χ1) is 10.1. The van der Waals surface area contributed by atoms with E-state index in [-0.39, 0.29) is 9.92 Å². The normalized spacial score (nSPS) is 11.5. The number of anilines is 1. The van der Waals surface area contributed by atoms with Gasteiger partial charge in [0.2, 0.25) is 0 Å². The van der Waals surface area contributed by atoms with Crippen LogP contribution in [0.4, 0.5) is 5.69 Å². The molecule has 0 fully saturated rings. The molecule has 3 aromatic rings. The average Bonchev–Trinajstić information content (AvgIpc) is 2.47. The van der Waals surface area contributed by atoms with E-state index < -0.39 is 10.0 Å². The van der Waals surface area contributed by atoms with E-state index in [9.17, 15) is 8.42 Å². The number of nitrogens with one attached hydrogen (secondary N) is 1. The number of fused-ring (bicyclic) bond motifs is 1. The highest BCUT2D eigenvalue weighted by molar-refractivity contribution is 7.92. The van der Waals surface area contributed by atoms with E-state index in [2.05, 4.69) is 4.72 Å². The van der Waals surface area contributed by atoms with Crippen molar-refractivity contribution >= 4 is 38.1 Å². The molecule has 0 saturated heterocycles. The van der Waals surface area contributed by atoms with Crippen LogP contribution in [-0.4, -0.2) is 8.42 Å². The number of hydrogen-bond donors (Lipinski definition) is 1. The molecule has 106 valence electrons. The van der Waals surface area contributed by atoms with Crippen molar-refractivity contribution in [1.82, 2.24) is 0 Å².